The Kier molecular flexibility index (Phi) is 4.63. The van der Waals surface area contributed by atoms with Crippen molar-refractivity contribution in [2.75, 3.05) is 14.2 Å². The zero-order valence-electron chi connectivity index (χ0n) is 12.3. The highest BCUT2D eigenvalue weighted by Gasteiger charge is 2.04. The van der Waals surface area contributed by atoms with Crippen LogP contribution in [0.2, 0.25) is 0 Å². The predicted molar refractivity (Wildman–Crippen MR) is 81.9 cm³/mol. The molecule has 0 heterocycles. The number of carbonyl (C=O) groups excluding carboxylic acids is 1. The van der Waals surface area contributed by atoms with Gasteiger partial charge in [0.1, 0.15) is 0 Å². The lowest BCUT2D eigenvalue weighted by Gasteiger charge is -2.06. The number of benzene rings is 2. The lowest BCUT2D eigenvalue weighted by molar-refractivity contribution is 0.105. The quantitative estimate of drug-likeness (QED) is 0.639. The largest absolute Gasteiger partial charge is 0.493 e. The van der Waals surface area contributed by atoms with Gasteiger partial charge in [-0.25, -0.2) is 0 Å². The van der Waals surface area contributed by atoms with E-state index in [1.807, 2.05) is 19.1 Å². The van der Waals surface area contributed by atoms with E-state index >= 15 is 0 Å². The molecular weight excluding hydrogens is 264 g/mol. The summed E-state index contributed by atoms with van der Waals surface area (Å²) in [6.07, 6.45) is 0. The summed E-state index contributed by atoms with van der Waals surface area (Å²) in [5, 5.41) is 0. The molecule has 3 nitrogen and oxygen atoms in total. The molecule has 0 aliphatic rings. The van der Waals surface area contributed by atoms with Crippen LogP contribution in [0.25, 0.3) is 0 Å². The highest BCUT2D eigenvalue weighted by Crippen LogP contribution is 2.27. The summed E-state index contributed by atoms with van der Waals surface area (Å²) in [5.41, 5.74) is 2.40. The Balaban J connectivity index is 2.22. The highest BCUT2D eigenvalue weighted by atomic mass is 16.5. The molecular formula is C18H16O3. The maximum absolute atomic E-state index is 12.0. The van der Waals surface area contributed by atoms with E-state index in [1.54, 1.807) is 44.6 Å². The topological polar surface area (TPSA) is 35.5 Å². The van der Waals surface area contributed by atoms with Crippen molar-refractivity contribution in [2.24, 2.45) is 0 Å². The van der Waals surface area contributed by atoms with Crippen LogP contribution in [-0.4, -0.2) is 20.0 Å². The monoisotopic (exact) mass is 280 g/mol. The minimum absolute atomic E-state index is 0.204. The fourth-order valence-corrected chi connectivity index (χ4v) is 1.82. The van der Waals surface area contributed by atoms with Crippen molar-refractivity contribution in [2.45, 2.75) is 6.92 Å². The number of Topliss-reactive ketones (excluding diaryl/α,β-unsaturated/α-hetero) is 1. The maximum atomic E-state index is 12.0. The van der Waals surface area contributed by atoms with E-state index in [2.05, 4.69) is 11.8 Å². The lowest BCUT2D eigenvalue weighted by atomic mass is 10.1. The molecule has 3 heteroatoms. The highest BCUT2D eigenvalue weighted by molar-refractivity contribution is 6.09. The van der Waals surface area contributed by atoms with Gasteiger partial charge in [0.25, 0.3) is 0 Å². The van der Waals surface area contributed by atoms with Crippen molar-refractivity contribution in [3.8, 4) is 23.3 Å². The molecule has 0 amide bonds. The van der Waals surface area contributed by atoms with Crippen molar-refractivity contribution >= 4 is 5.78 Å². The van der Waals surface area contributed by atoms with E-state index in [1.165, 1.54) is 0 Å². The van der Waals surface area contributed by atoms with E-state index in [-0.39, 0.29) is 5.78 Å². The van der Waals surface area contributed by atoms with Crippen molar-refractivity contribution in [3.63, 3.8) is 0 Å². The van der Waals surface area contributed by atoms with Crippen LogP contribution in [-0.2, 0) is 0 Å². The Morgan fingerprint density at radius 2 is 1.62 bits per heavy atom. The first-order valence-corrected chi connectivity index (χ1v) is 6.49. The maximum Gasteiger partial charge on any atom is 0.236 e. The summed E-state index contributed by atoms with van der Waals surface area (Å²) >= 11 is 0. The zero-order valence-corrected chi connectivity index (χ0v) is 12.3. The summed E-state index contributed by atoms with van der Waals surface area (Å²) in [5.74, 6) is 6.50. The van der Waals surface area contributed by atoms with E-state index < -0.39 is 0 Å². The first kappa shape index (κ1) is 14.7. The molecule has 0 aliphatic carbocycles. The second kappa shape index (κ2) is 6.62. The van der Waals surface area contributed by atoms with E-state index in [4.69, 9.17) is 9.47 Å². The number of methoxy groups -OCH3 is 2. The molecule has 0 atom stereocenters. The van der Waals surface area contributed by atoms with Crippen molar-refractivity contribution < 1.29 is 14.3 Å². The molecule has 0 unspecified atom stereocenters. The third kappa shape index (κ3) is 3.64. The van der Waals surface area contributed by atoms with Crippen molar-refractivity contribution in [1.29, 1.82) is 0 Å². The Hall–Kier alpha value is -2.73. The summed E-state index contributed by atoms with van der Waals surface area (Å²) in [6, 6.07) is 12.6. The van der Waals surface area contributed by atoms with Gasteiger partial charge in [0.2, 0.25) is 5.78 Å². The van der Waals surface area contributed by atoms with Gasteiger partial charge < -0.3 is 9.47 Å². The zero-order chi connectivity index (χ0) is 15.2. The fraction of sp³-hybridized carbons (Fsp3) is 0.167. The Labute approximate surface area is 124 Å². The summed E-state index contributed by atoms with van der Waals surface area (Å²) < 4.78 is 10.4. The molecule has 0 N–H and O–H groups in total. The van der Waals surface area contributed by atoms with Gasteiger partial charge in [-0.05, 0) is 31.0 Å². The van der Waals surface area contributed by atoms with Crippen LogP contribution >= 0.6 is 0 Å². The van der Waals surface area contributed by atoms with Crippen LogP contribution in [0, 0.1) is 18.8 Å². The van der Waals surface area contributed by atoms with Crippen molar-refractivity contribution in [1.82, 2.24) is 0 Å². The molecule has 2 rings (SSSR count). The minimum atomic E-state index is -0.204. The van der Waals surface area contributed by atoms with Crippen LogP contribution in [0.3, 0.4) is 0 Å². The average molecular weight is 280 g/mol. The number of hydrogen-bond acceptors (Lipinski definition) is 3. The molecule has 0 radical (unpaired) electrons. The first-order chi connectivity index (χ1) is 10.1. The van der Waals surface area contributed by atoms with Gasteiger partial charge in [0, 0.05) is 11.1 Å². The van der Waals surface area contributed by atoms with Gasteiger partial charge >= 0.3 is 0 Å². The predicted octanol–water partition coefficient (Wildman–Crippen LogP) is 3.25. The summed E-state index contributed by atoms with van der Waals surface area (Å²) in [7, 11) is 3.14. The molecule has 0 fully saturated rings. The van der Waals surface area contributed by atoms with Gasteiger partial charge in [-0.2, -0.15) is 0 Å². The molecule has 0 saturated carbocycles. The number of aryl methyl sites for hydroxylation is 1. The van der Waals surface area contributed by atoms with Gasteiger partial charge in [0.15, 0.2) is 11.5 Å². The molecule has 2 aromatic rings. The Morgan fingerprint density at radius 3 is 2.24 bits per heavy atom. The van der Waals surface area contributed by atoms with Crippen LogP contribution in [0.15, 0.2) is 42.5 Å². The van der Waals surface area contributed by atoms with Crippen LogP contribution in [0.1, 0.15) is 21.5 Å². The molecule has 106 valence electrons. The van der Waals surface area contributed by atoms with Gasteiger partial charge in [0.05, 0.1) is 14.2 Å². The molecule has 0 spiro atoms. The third-order valence-corrected chi connectivity index (χ3v) is 3.02. The third-order valence-electron chi connectivity index (χ3n) is 3.02. The summed E-state index contributed by atoms with van der Waals surface area (Å²) in [4.78, 5) is 12.0. The lowest BCUT2D eigenvalue weighted by Crippen LogP contribution is -1.95. The van der Waals surface area contributed by atoms with Crippen LogP contribution < -0.4 is 9.47 Å². The molecule has 0 aromatic heterocycles. The molecule has 0 saturated heterocycles. The van der Waals surface area contributed by atoms with Gasteiger partial charge in [-0.15, -0.1) is 0 Å². The van der Waals surface area contributed by atoms with E-state index in [0.29, 0.717) is 22.6 Å². The number of ketones is 1. The first-order valence-electron chi connectivity index (χ1n) is 6.49. The number of rotatable bonds is 3. The number of carbonyl (C=O) groups is 1. The second-order valence-corrected chi connectivity index (χ2v) is 4.51. The number of hydrogen-bond donors (Lipinski definition) is 0. The Bertz CT molecular complexity index is 703. The van der Waals surface area contributed by atoms with Gasteiger partial charge in [-0.3, -0.25) is 4.79 Å². The molecule has 21 heavy (non-hydrogen) atoms. The fourth-order valence-electron chi connectivity index (χ4n) is 1.82. The molecule has 2 aromatic carbocycles. The molecule has 0 bridgehead atoms. The van der Waals surface area contributed by atoms with Crippen LogP contribution in [0.4, 0.5) is 0 Å². The minimum Gasteiger partial charge on any atom is -0.493 e. The number of ether oxygens (including phenoxy) is 2. The standard InChI is InChI=1S/C18H16O3/c1-13-4-8-15(9-5-13)16(19)10-6-14-7-11-17(20-2)18(12-14)21-3/h4-5,7-9,11-12H,1-3H3. The Morgan fingerprint density at radius 1 is 0.952 bits per heavy atom. The van der Waals surface area contributed by atoms with E-state index in [9.17, 15) is 4.79 Å². The SMILES string of the molecule is COc1ccc(C#CC(=O)c2ccc(C)cc2)cc1OC. The second-order valence-electron chi connectivity index (χ2n) is 4.51. The molecule has 0 aliphatic heterocycles. The summed E-state index contributed by atoms with van der Waals surface area (Å²) in [6.45, 7) is 1.98. The smallest absolute Gasteiger partial charge is 0.236 e. The van der Waals surface area contributed by atoms with Crippen molar-refractivity contribution in [3.05, 3.63) is 59.2 Å². The van der Waals surface area contributed by atoms with Crippen LogP contribution in [0.5, 0.6) is 11.5 Å². The van der Waals surface area contributed by atoms with E-state index in [0.717, 1.165) is 5.56 Å². The average Bonchev–Trinajstić information content (AvgIpc) is 2.52. The normalized spacial score (nSPS) is 9.48. The van der Waals surface area contributed by atoms with Gasteiger partial charge in [-0.1, -0.05) is 35.7 Å².